The van der Waals surface area contributed by atoms with Gasteiger partial charge in [-0.2, -0.15) is 5.26 Å². The smallest absolute Gasteiger partial charge is 0.257 e. The van der Waals surface area contributed by atoms with Gasteiger partial charge in [-0.05, 0) is 36.4 Å². The molecule has 116 valence electrons. The Morgan fingerprint density at radius 2 is 1.67 bits per heavy atom. The maximum absolute atomic E-state index is 12.6. The molecular formula is C19H13N3OS. The lowest BCUT2D eigenvalue weighted by Gasteiger charge is -2.10. The van der Waals surface area contributed by atoms with Crippen molar-refractivity contribution in [1.29, 1.82) is 5.26 Å². The van der Waals surface area contributed by atoms with Gasteiger partial charge >= 0.3 is 0 Å². The Kier molecular flexibility index (Phi) is 4.90. The molecule has 1 N–H and O–H groups in total. The van der Waals surface area contributed by atoms with Gasteiger partial charge in [0, 0.05) is 16.0 Å². The van der Waals surface area contributed by atoms with E-state index in [9.17, 15) is 10.1 Å². The molecule has 4 nitrogen and oxygen atoms in total. The second kappa shape index (κ2) is 7.44. The molecular weight excluding hydrogens is 318 g/mol. The maximum Gasteiger partial charge on any atom is 0.257 e. The molecule has 24 heavy (non-hydrogen) atoms. The number of anilines is 1. The number of nitrogens with one attached hydrogen (secondary N) is 1. The number of carbonyl (C=O) groups excluding carboxylic acids is 1. The fourth-order valence-electron chi connectivity index (χ4n) is 2.13. The zero-order valence-electron chi connectivity index (χ0n) is 12.6. The Bertz CT molecular complexity index is 904. The summed E-state index contributed by atoms with van der Waals surface area (Å²) in [6.45, 7) is 0. The fraction of sp³-hybridized carbons (Fsp3) is 0. The molecule has 0 spiro atoms. The number of nitrogens with zero attached hydrogens (tertiary/aromatic N) is 2. The van der Waals surface area contributed by atoms with Crippen molar-refractivity contribution in [2.75, 3.05) is 5.32 Å². The van der Waals surface area contributed by atoms with Gasteiger partial charge in [-0.1, -0.05) is 42.1 Å². The quantitative estimate of drug-likeness (QED) is 0.771. The number of amides is 1. The molecule has 0 aliphatic rings. The summed E-state index contributed by atoms with van der Waals surface area (Å²) < 4.78 is 0. The number of aromatic nitrogens is 1. The molecule has 0 saturated heterocycles. The molecule has 3 aromatic rings. The molecule has 0 atom stereocenters. The molecule has 0 unspecified atom stereocenters. The number of hydrogen-bond acceptors (Lipinski definition) is 4. The largest absolute Gasteiger partial charge is 0.307 e. The molecule has 1 aromatic heterocycles. The maximum atomic E-state index is 12.6. The van der Waals surface area contributed by atoms with Gasteiger partial charge in [-0.25, -0.2) is 4.98 Å². The highest BCUT2D eigenvalue weighted by Crippen LogP contribution is 2.32. The van der Waals surface area contributed by atoms with Crippen molar-refractivity contribution in [2.45, 2.75) is 9.79 Å². The van der Waals surface area contributed by atoms with Gasteiger partial charge in [0.15, 0.2) is 0 Å². The van der Waals surface area contributed by atoms with Crippen molar-refractivity contribution in [3.63, 3.8) is 0 Å². The van der Waals surface area contributed by atoms with Crippen molar-refractivity contribution >= 4 is 23.5 Å². The van der Waals surface area contributed by atoms with E-state index in [-0.39, 0.29) is 5.91 Å². The highest BCUT2D eigenvalue weighted by Gasteiger charge is 2.14. The van der Waals surface area contributed by atoms with Crippen LogP contribution in [-0.2, 0) is 0 Å². The molecule has 5 heteroatoms. The third kappa shape index (κ3) is 3.62. The lowest BCUT2D eigenvalue weighted by atomic mass is 10.2. The standard InChI is InChI=1S/C19H13N3OS/c20-13-14-7-1-3-9-16(14)24-17-10-4-2-8-15(17)19(23)22-18-11-5-6-12-21-18/h1-12H,(H,21,22,23). The van der Waals surface area contributed by atoms with Crippen LogP contribution >= 0.6 is 11.8 Å². The first-order valence-electron chi connectivity index (χ1n) is 7.26. The SMILES string of the molecule is N#Cc1ccccc1Sc1ccccc1C(=O)Nc1ccccn1. The molecule has 1 heterocycles. The molecule has 2 aromatic carbocycles. The second-order valence-electron chi connectivity index (χ2n) is 4.88. The summed E-state index contributed by atoms with van der Waals surface area (Å²) >= 11 is 1.40. The van der Waals surface area contributed by atoms with Gasteiger partial charge < -0.3 is 5.32 Å². The summed E-state index contributed by atoms with van der Waals surface area (Å²) in [5.74, 6) is 0.269. The van der Waals surface area contributed by atoms with E-state index < -0.39 is 0 Å². The first kappa shape index (κ1) is 15.8. The highest BCUT2D eigenvalue weighted by atomic mass is 32.2. The number of benzene rings is 2. The molecule has 0 radical (unpaired) electrons. The zero-order chi connectivity index (χ0) is 16.8. The third-order valence-corrected chi connectivity index (χ3v) is 4.42. The topological polar surface area (TPSA) is 65.8 Å². The summed E-state index contributed by atoms with van der Waals surface area (Å²) in [4.78, 5) is 18.3. The number of nitriles is 1. The van der Waals surface area contributed by atoms with Crippen molar-refractivity contribution in [3.8, 4) is 6.07 Å². The fourth-order valence-corrected chi connectivity index (χ4v) is 3.15. The summed E-state index contributed by atoms with van der Waals surface area (Å²) in [7, 11) is 0. The van der Waals surface area contributed by atoms with E-state index in [0.717, 1.165) is 9.79 Å². The summed E-state index contributed by atoms with van der Waals surface area (Å²) in [6, 6.07) is 22.2. The third-order valence-electron chi connectivity index (χ3n) is 3.27. The van der Waals surface area contributed by atoms with Crippen LogP contribution in [0.1, 0.15) is 15.9 Å². The predicted octanol–water partition coefficient (Wildman–Crippen LogP) is 4.36. The van der Waals surface area contributed by atoms with Crippen molar-refractivity contribution in [3.05, 3.63) is 84.1 Å². The minimum atomic E-state index is -0.230. The Balaban J connectivity index is 1.88. The van der Waals surface area contributed by atoms with Crippen LogP contribution in [0.2, 0.25) is 0 Å². The van der Waals surface area contributed by atoms with Crippen LogP contribution in [0.25, 0.3) is 0 Å². The average molecular weight is 331 g/mol. The molecule has 3 rings (SSSR count). The van der Waals surface area contributed by atoms with Gasteiger partial charge in [-0.3, -0.25) is 4.79 Å². The molecule has 0 aliphatic carbocycles. The number of rotatable bonds is 4. The van der Waals surface area contributed by atoms with E-state index in [1.807, 2.05) is 42.5 Å². The highest BCUT2D eigenvalue weighted by molar-refractivity contribution is 7.99. The molecule has 0 aliphatic heterocycles. The van der Waals surface area contributed by atoms with Crippen LogP contribution in [0, 0.1) is 11.3 Å². The van der Waals surface area contributed by atoms with E-state index in [4.69, 9.17) is 0 Å². The minimum absolute atomic E-state index is 0.230. The van der Waals surface area contributed by atoms with E-state index in [1.54, 1.807) is 30.5 Å². The zero-order valence-corrected chi connectivity index (χ0v) is 13.5. The van der Waals surface area contributed by atoms with Gasteiger partial charge in [0.25, 0.3) is 5.91 Å². The molecule has 0 saturated carbocycles. The molecule has 1 amide bonds. The average Bonchev–Trinajstić information content (AvgIpc) is 2.63. The lowest BCUT2D eigenvalue weighted by Crippen LogP contribution is -2.13. The van der Waals surface area contributed by atoms with Gasteiger partial charge in [-0.15, -0.1) is 0 Å². The van der Waals surface area contributed by atoms with E-state index in [0.29, 0.717) is 16.9 Å². The molecule has 0 bridgehead atoms. The van der Waals surface area contributed by atoms with Crippen molar-refractivity contribution in [2.24, 2.45) is 0 Å². The second-order valence-corrected chi connectivity index (χ2v) is 5.96. The van der Waals surface area contributed by atoms with Crippen LogP contribution in [0.5, 0.6) is 0 Å². The molecule has 0 fully saturated rings. The number of carbonyl (C=O) groups is 1. The minimum Gasteiger partial charge on any atom is -0.307 e. The summed E-state index contributed by atoms with van der Waals surface area (Å²) in [6.07, 6.45) is 1.62. The van der Waals surface area contributed by atoms with Gasteiger partial charge in [0.05, 0.1) is 11.1 Å². The van der Waals surface area contributed by atoms with Crippen LogP contribution < -0.4 is 5.32 Å². The monoisotopic (exact) mass is 331 g/mol. The first-order valence-corrected chi connectivity index (χ1v) is 8.08. The summed E-state index contributed by atoms with van der Waals surface area (Å²) in [5, 5.41) is 12.0. The summed E-state index contributed by atoms with van der Waals surface area (Å²) in [5.41, 5.74) is 1.13. The number of pyridine rings is 1. The van der Waals surface area contributed by atoms with Gasteiger partial charge in [0.2, 0.25) is 0 Å². The van der Waals surface area contributed by atoms with E-state index in [2.05, 4.69) is 16.4 Å². The van der Waals surface area contributed by atoms with Crippen LogP contribution in [0.15, 0.2) is 82.7 Å². The van der Waals surface area contributed by atoms with Crippen LogP contribution in [-0.4, -0.2) is 10.9 Å². The van der Waals surface area contributed by atoms with Crippen molar-refractivity contribution in [1.82, 2.24) is 4.98 Å². The van der Waals surface area contributed by atoms with Crippen molar-refractivity contribution < 1.29 is 4.79 Å². The van der Waals surface area contributed by atoms with Crippen LogP contribution in [0.4, 0.5) is 5.82 Å². The Labute approximate surface area is 144 Å². The lowest BCUT2D eigenvalue weighted by molar-refractivity contribution is 0.102. The Hall–Kier alpha value is -3.10. The Morgan fingerprint density at radius 3 is 2.42 bits per heavy atom. The Morgan fingerprint density at radius 1 is 0.958 bits per heavy atom. The van der Waals surface area contributed by atoms with E-state index in [1.165, 1.54) is 11.8 Å². The van der Waals surface area contributed by atoms with Crippen LogP contribution in [0.3, 0.4) is 0 Å². The number of hydrogen-bond donors (Lipinski definition) is 1. The van der Waals surface area contributed by atoms with Gasteiger partial charge in [0.1, 0.15) is 11.9 Å². The predicted molar refractivity (Wildman–Crippen MR) is 93.9 cm³/mol. The van der Waals surface area contributed by atoms with E-state index >= 15 is 0 Å². The first-order chi connectivity index (χ1) is 11.8. The normalized spacial score (nSPS) is 9.96.